The molecule has 5 nitrogen and oxygen atoms in total. The van der Waals surface area contributed by atoms with E-state index in [9.17, 15) is 0 Å². The first-order chi connectivity index (χ1) is 13.8. The van der Waals surface area contributed by atoms with Gasteiger partial charge < -0.3 is 10.1 Å². The first-order valence-electron chi connectivity index (χ1n) is 9.45. The van der Waals surface area contributed by atoms with Crippen LogP contribution in [0.2, 0.25) is 0 Å². The summed E-state index contributed by atoms with van der Waals surface area (Å²) >= 11 is 3.32. The van der Waals surface area contributed by atoms with E-state index in [1.165, 1.54) is 17.7 Å². The third-order valence-electron chi connectivity index (χ3n) is 4.31. The smallest absolute Gasteiger partial charge is 0.247 e. The van der Waals surface area contributed by atoms with Crippen LogP contribution >= 0.6 is 23.1 Å². The van der Waals surface area contributed by atoms with Gasteiger partial charge in [0.15, 0.2) is 11.9 Å². The molecule has 4 rings (SSSR count). The van der Waals surface area contributed by atoms with Gasteiger partial charge in [-0.3, -0.25) is 0 Å². The fourth-order valence-corrected chi connectivity index (χ4v) is 4.31. The van der Waals surface area contributed by atoms with E-state index in [4.69, 9.17) is 4.74 Å². The number of benzene rings is 1. The lowest BCUT2D eigenvalue weighted by molar-refractivity contribution is 0.266. The number of unbranched alkanes of at least 4 members (excludes halogenated alkanes) is 2. The number of nitrogens with zero attached hydrogens (tertiary/aromatic N) is 3. The summed E-state index contributed by atoms with van der Waals surface area (Å²) in [6, 6.07) is 12.1. The molecule has 2 aromatic heterocycles. The fraction of sp³-hybridized carbons (Fsp3) is 0.286. The highest BCUT2D eigenvalue weighted by Crippen LogP contribution is 2.36. The molecule has 3 heterocycles. The van der Waals surface area contributed by atoms with E-state index in [1.807, 2.05) is 36.4 Å². The Morgan fingerprint density at radius 1 is 1.18 bits per heavy atom. The minimum atomic E-state index is -0.334. The Morgan fingerprint density at radius 2 is 2.11 bits per heavy atom. The normalized spacial score (nSPS) is 15.4. The molecule has 1 aliphatic rings. The summed E-state index contributed by atoms with van der Waals surface area (Å²) in [7, 11) is 0. The van der Waals surface area contributed by atoms with E-state index < -0.39 is 0 Å². The number of anilines is 1. The van der Waals surface area contributed by atoms with Gasteiger partial charge >= 0.3 is 0 Å². The topological polar surface area (TPSA) is 59.9 Å². The predicted octanol–water partition coefficient (Wildman–Crippen LogP) is 5.73. The number of nitrogens with one attached hydrogen (secondary N) is 1. The molecular formula is C21H22N4OS2. The molecule has 1 N–H and O–H groups in total. The van der Waals surface area contributed by atoms with Crippen molar-refractivity contribution in [2.24, 2.45) is 0 Å². The summed E-state index contributed by atoms with van der Waals surface area (Å²) in [5.74, 6) is 1.51. The molecule has 1 unspecified atom stereocenters. The third-order valence-corrected chi connectivity index (χ3v) is 6.07. The van der Waals surface area contributed by atoms with E-state index in [-0.39, 0.29) is 6.23 Å². The number of para-hydroxylation sites is 1. The Kier molecular flexibility index (Phi) is 6.24. The summed E-state index contributed by atoms with van der Waals surface area (Å²) < 4.78 is 6.19. The molecule has 1 atom stereocenters. The first-order valence-corrected chi connectivity index (χ1v) is 11.3. The fourth-order valence-electron chi connectivity index (χ4n) is 2.90. The van der Waals surface area contributed by atoms with Gasteiger partial charge in [-0.15, -0.1) is 21.5 Å². The van der Waals surface area contributed by atoms with Crippen molar-refractivity contribution in [3.63, 3.8) is 0 Å². The Labute approximate surface area is 173 Å². The van der Waals surface area contributed by atoms with Gasteiger partial charge in [0.05, 0.1) is 0 Å². The van der Waals surface area contributed by atoms with Gasteiger partial charge in [0.1, 0.15) is 0 Å². The molecule has 0 radical (unpaired) electrons. The van der Waals surface area contributed by atoms with Crippen LogP contribution in [0.5, 0.6) is 5.88 Å². The van der Waals surface area contributed by atoms with Crippen molar-refractivity contribution in [2.75, 3.05) is 11.1 Å². The number of thioether (sulfide) groups is 1. The molecule has 0 amide bonds. The Bertz CT molecular complexity index is 943. The zero-order valence-corrected chi connectivity index (χ0v) is 17.3. The van der Waals surface area contributed by atoms with Crippen LogP contribution in [0.3, 0.4) is 0 Å². The molecular weight excluding hydrogens is 388 g/mol. The highest BCUT2D eigenvalue weighted by atomic mass is 32.2. The molecule has 1 aliphatic heterocycles. The molecule has 0 fully saturated rings. The molecule has 0 aliphatic carbocycles. The maximum absolute atomic E-state index is 6.19. The summed E-state index contributed by atoms with van der Waals surface area (Å²) in [4.78, 5) is 5.84. The molecule has 0 bridgehead atoms. The van der Waals surface area contributed by atoms with Crippen LogP contribution in [0.1, 0.15) is 31.1 Å². The third kappa shape index (κ3) is 4.54. The van der Waals surface area contributed by atoms with Crippen LogP contribution in [0, 0.1) is 0 Å². The zero-order valence-electron chi connectivity index (χ0n) is 15.7. The van der Waals surface area contributed by atoms with Crippen molar-refractivity contribution in [1.82, 2.24) is 15.2 Å². The van der Waals surface area contributed by atoms with Crippen molar-refractivity contribution < 1.29 is 4.74 Å². The molecule has 1 aromatic carbocycles. The summed E-state index contributed by atoms with van der Waals surface area (Å²) in [6.45, 7) is 2.20. The second-order valence-electron chi connectivity index (χ2n) is 6.41. The molecule has 144 valence electrons. The van der Waals surface area contributed by atoms with Gasteiger partial charge in [-0.25, -0.2) is 0 Å². The number of hydrogen-bond donors (Lipinski definition) is 1. The van der Waals surface area contributed by atoms with Crippen LogP contribution in [0.25, 0.3) is 17.3 Å². The largest absolute Gasteiger partial charge is 0.448 e. The molecule has 7 heteroatoms. The quantitative estimate of drug-likeness (QED) is 0.397. The van der Waals surface area contributed by atoms with Crippen LogP contribution in [-0.4, -0.2) is 27.2 Å². The van der Waals surface area contributed by atoms with Gasteiger partial charge in [0.2, 0.25) is 11.0 Å². The molecule has 0 saturated carbocycles. The van der Waals surface area contributed by atoms with Gasteiger partial charge in [0.25, 0.3) is 0 Å². The lowest BCUT2D eigenvalue weighted by Gasteiger charge is -2.15. The Hall–Kier alpha value is -2.38. The molecule has 0 saturated heterocycles. The average molecular weight is 411 g/mol. The number of fused-ring (bicyclic) bond motifs is 3. The Balaban J connectivity index is 1.61. The maximum Gasteiger partial charge on any atom is 0.247 e. The average Bonchev–Trinajstić information content (AvgIpc) is 3.18. The van der Waals surface area contributed by atoms with Crippen LogP contribution in [-0.2, 0) is 0 Å². The van der Waals surface area contributed by atoms with E-state index in [0.29, 0.717) is 16.7 Å². The van der Waals surface area contributed by atoms with Crippen molar-refractivity contribution >= 4 is 34.9 Å². The van der Waals surface area contributed by atoms with Crippen LogP contribution < -0.4 is 10.1 Å². The SMILES string of the molecule is CCCCCSc1nnc2c(n1)OC(C=Cc1cccs1)Nc1ccccc1-2. The highest BCUT2D eigenvalue weighted by molar-refractivity contribution is 7.99. The lowest BCUT2D eigenvalue weighted by Crippen LogP contribution is -2.23. The second-order valence-corrected chi connectivity index (χ2v) is 8.45. The second kappa shape index (κ2) is 9.21. The molecule has 3 aromatic rings. The van der Waals surface area contributed by atoms with Crippen molar-refractivity contribution in [3.05, 3.63) is 52.7 Å². The van der Waals surface area contributed by atoms with Gasteiger partial charge in [-0.2, -0.15) is 4.98 Å². The molecule has 0 spiro atoms. The van der Waals surface area contributed by atoms with E-state index >= 15 is 0 Å². The zero-order chi connectivity index (χ0) is 19.2. The van der Waals surface area contributed by atoms with E-state index in [2.05, 4.69) is 44.9 Å². The number of ether oxygens (including phenoxy) is 1. The molecule has 28 heavy (non-hydrogen) atoms. The van der Waals surface area contributed by atoms with E-state index in [1.54, 1.807) is 23.1 Å². The minimum Gasteiger partial charge on any atom is -0.448 e. The Morgan fingerprint density at radius 3 is 2.96 bits per heavy atom. The standard InChI is InChI=1S/C21H22N4OS2/c1-2-3-6-13-28-21-23-20-19(24-25-21)16-9-4-5-10-17(16)22-18(26-20)12-11-15-8-7-14-27-15/h4-5,7-12,14,18,22H,2-3,6,13H2,1H3. The van der Waals surface area contributed by atoms with Crippen LogP contribution in [0.4, 0.5) is 5.69 Å². The maximum atomic E-state index is 6.19. The number of hydrogen-bond acceptors (Lipinski definition) is 7. The number of thiophene rings is 1. The number of aromatic nitrogens is 3. The van der Waals surface area contributed by atoms with Gasteiger partial charge in [-0.1, -0.05) is 55.8 Å². The lowest BCUT2D eigenvalue weighted by atomic mass is 10.1. The first kappa shape index (κ1) is 19.0. The van der Waals surface area contributed by atoms with E-state index in [0.717, 1.165) is 23.4 Å². The monoisotopic (exact) mass is 410 g/mol. The van der Waals surface area contributed by atoms with Crippen molar-refractivity contribution in [2.45, 2.75) is 37.6 Å². The van der Waals surface area contributed by atoms with Gasteiger partial charge in [-0.05, 0) is 36.1 Å². The predicted molar refractivity (Wildman–Crippen MR) is 117 cm³/mol. The highest BCUT2D eigenvalue weighted by Gasteiger charge is 2.23. The van der Waals surface area contributed by atoms with Crippen LogP contribution in [0.15, 0.2) is 53.0 Å². The summed E-state index contributed by atoms with van der Waals surface area (Å²) in [6.07, 6.45) is 7.31. The summed E-state index contributed by atoms with van der Waals surface area (Å²) in [5, 5.41) is 14.9. The number of rotatable bonds is 7. The van der Waals surface area contributed by atoms with Crippen molar-refractivity contribution in [3.8, 4) is 17.1 Å². The van der Waals surface area contributed by atoms with Crippen molar-refractivity contribution in [1.29, 1.82) is 0 Å². The summed E-state index contributed by atoms with van der Waals surface area (Å²) in [5.41, 5.74) is 2.58. The van der Waals surface area contributed by atoms with Gasteiger partial charge in [0, 0.05) is 21.9 Å². The minimum absolute atomic E-state index is 0.334.